The standard InChI is InChI=1S/C11H16N6O2S2/c1-21(18,19)8-9(12)17(11-14-4-7-20-11)15-10(8)16-5-2-13-3-6-16/h4,7,13H,2-3,5-6,12H2,1H3. The van der Waals surface area contributed by atoms with Gasteiger partial charge in [0.2, 0.25) is 5.13 Å². The summed E-state index contributed by atoms with van der Waals surface area (Å²) in [4.78, 5) is 6.16. The van der Waals surface area contributed by atoms with E-state index in [1.165, 1.54) is 16.0 Å². The van der Waals surface area contributed by atoms with Crippen LogP contribution in [0, 0.1) is 0 Å². The number of hydrogen-bond acceptors (Lipinski definition) is 8. The molecule has 0 unspecified atom stereocenters. The second kappa shape index (κ2) is 5.28. The summed E-state index contributed by atoms with van der Waals surface area (Å²) in [7, 11) is -3.48. The lowest BCUT2D eigenvalue weighted by Crippen LogP contribution is -2.44. The van der Waals surface area contributed by atoms with Crippen molar-refractivity contribution in [3.63, 3.8) is 0 Å². The fourth-order valence-electron chi connectivity index (χ4n) is 2.31. The van der Waals surface area contributed by atoms with Crippen molar-refractivity contribution < 1.29 is 8.42 Å². The van der Waals surface area contributed by atoms with Crippen LogP contribution in [0.25, 0.3) is 5.13 Å². The number of rotatable bonds is 3. The summed E-state index contributed by atoms with van der Waals surface area (Å²) >= 11 is 1.35. The summed E-state index contributed by atoms with van der Waals surface area (Å²) in [6.45, 7) is 2.95. The zero-order valence-electron chi connectivity index (χ0n) is 11.5. The molecule has 2 aromatic heterocycles. The summed E-state index contributed by atoms with van der Waals surface area (Å²) in [6.07, 6.45) is 2.78. The average Bonchev–Trinajstić information content (AvgIpc) is 3.06. The van der Waals surface area contributed by atoms with Gasteiger partial charge in [0, 0.05) is 44.0 Å². The van der Waals surface area contributed by atoms with E-state index in [9.17, 15) is 8.42 Å². The number of hydrogen-bond donors (Lipinski definition) is 2. The van der Waals surface area contributed by atoms with E-state index in [1.54, 1.807) is 11.6 Å². The van der Waals surface area contributed by atoms with Crippen LogP contribution in [0.4, 0.5) is 11.6 Å². The lowest BCUT2D eigenvalue weighted by atomic mass is 10.3. The number of nitrogens with one attached hydrogen (secondary N) is 1. The zero-order valence-corrected chi connectivity index (χ0v) is 13.1. The highest BCUT2D eigenvalue weighted by molar-refractivity contribution is 7.91. The Kier molecular flexibility index (Phi) is 3.59. The number of nitrogen functional groups attached to an aromatic ring is 1. The molecule has 1 aliphatic heterocycles. The number of piperazine rings is 1. The van der Waals surface area contributed by atoms with Crippen molar-refractivity contribution in [3.8, 4) is 5.13 Å². The lowest BCUT2D eigenvalue weighted by molar-refractivity contribution is 0.577. The molecule has 2 aromatic rings. The van der Waals surface area contributed by atoms with Crippen LogP contribution in [0.2, 0.25) is 0 Å². The molecule has 0 radical (unpaired) electrons. The van der Waals surface area contributed by atoms with E-state index in [4.69, 9.17) is 5.73 Å². The third-order valence-electron chi connectivity index (χ3n) is 3.25. The van der Waals surface area contributed by atoms with Gasteiger partial charge in [0.15, 0.2) is 26.4 Å². The smallest absolute Gasteiger partial charge is 0.212 e. The molecular weight excluding hydrogens is 312 g/mol. The van der Waals surface area contributed by atoms with Gasteiger partial charge in [-0.15, -0.1) is 16.4 Å². The molecule has 8 nitrogen and oxygen atoms in total. The van der Waals surface area contributed by atoms with E-state index in [0.29, 0.717) is 24.0 Å². The van der Waals surface area contributed by atoms with Crippen LogP contribution in [0.1, 0.15) is 0 Å². The molecule has 3 rings (SSSR count). The van der Waals surface area contributed by atoms with Gasteiger partial charge in [0.05, 0.1) is 0 Å². The third kappa shape index (κ3) is 2.61. The molecule has 10 heteroatoms. The van der Waals surface area contributed by atoms with Gasteiger partial charge in [-0.05, 0) is 0 Å². The number of aromatic nitrogens is 3. The van der Waals surface area contributed by atoms with Gasteiger partial charge in [0.1, 0.15) is 0 Å². The summed E-state index contributed by atoms with van der Waals surface area (Å²) in [5.74, 6) is 0.521. The summed E-state index contributed by atoms with van der Waals surface area (Å²) in [5.41, 5.74) is 6.03. The Morgan fingerprint density at radius 2 is 2.10 bits per heavy atom. The first-order valence-electron chi connectivity index (χ1n) is 6.42. The largest absolute Gasteiger partial charge is 0.382 e. The normalized spacial score (nSPS) is 16.3. The van der Waals surface area contributed by atoms with Crippen molar-refractivity contribution >= 4 is 32.8 Å². The molecule has 0 saturated carbocycles. The van der Waals surface area contributed by atoms with Crippen molar-refractivity contribution in [2.24, 2.45) is 0 Å². The number of thiazole rings is 1. The fraction of sp³-hybridized carbons (Fsp3) is 0.455. The molecule has 1 fully saturated rings. The van der Waals surface area contributed by atoms with Gasteiger partial charge >= 0.3 is 0 Å². The molecule has 21 heavy (non-hydrogen) atoms. The van der Waals surface area contributed by atoms with Crippen molar-refractivity contribution in [3.05, 3.63) is 11.6 Å². The maximum absolute atomic E-state index is 12.1. The molecule has 0 spiro atoms. The molecule has 1 aliphatic rings. The second-order valence-corrected chi connectivity index (χ2v) is 7.60. The van der Waals surface area contributed by atoms with Crippen LogP contribution in [-0.4, -0.2) is 55.6 Å². The molecule has 114 valence electrons. The highest BCUT2D eigenvalue weighted by Gasteiger charge is 2.29. The Balaban J connectivity index is 2.16. The highest BCUT2D eigenvalue weighted by atomic mass is 32.2. The molecule has 0 atom stereocenters. The maximum atomic E-state index is 12.1. The minimum absolute atomic E-state index is 0.0830. The van der Waals surface area contributed by atoms with Gasteiger partial charge in [-0.2, -0.15) is 4.68 Å². The van der Waals surface area contributed by atoms with E-state index >= 15 is 0 Å². The van der Waals surface area contributed by atoms with Gasteiger partial charge in [-0.25, -0.2) is 13.4 Å². The second-order valence-electron chi connectivity index (χ2n) is 4.77. The Bertz CT molecular complexity index is 731. The Morgan fingerprint density at radius 1 is 1.38 bits per heavy atom. The molecule has 0 amide bonds. The van der Waals surface area contributed by atoms with E-state index in [-0.39, 0.29) is 10.7 Å². The first kappa shape index (κ1) is 14.3. The van der Waals surface area contributed by atoms with Crippen LogP contribution in [0.15, 0.2) is 16.5 Å². The van der Waals surface area contributed by atoms with Gasteiger partial charge in [0.25, 0.3) is 0 Å². The number of anilines is 2. The van der Waals surface area contributed by atoms with Gasteiger partial charge in [-0.3, -0.25) is 0 Å². The predicted molar refractivity (Wildman–Crippen MR) is 81.8 cm³/mol. The molecule has 0 aromatic carbocycles. The summed E-state index contributed by atoms with van der Waals surface area (Å²) in [5, 5.41) is 9.97. The Hall–Kier alpha value is -1.65. The summed E-state index contributed by atoms with van der Waals surface area (Å²) < 4.78 is 25.6. The highest BCUT2D eigenvalue weighted by Crippen LogP contribution is 2.32. The topological polar surface area (TPSA) is 106 Å². The van der Waals surface area contributed by atoms with Crippen LogP contribution in [0.5, 0.6) is 0 Å². The lowest BCUT2D eigenvalue weighted by Gasteiger charge is -2.27. The quantitative estimate of drug-likeness (QED) is 0.798. The zero-order chi connectivity index (χ0) is 15.0. The maximum Gasteiger partial charge on any atom is 0.212 e. The van der Waals surface area contributed by atoms with Crippen molar-refractivity contribution in [1.82, 2.24) is 20.1 Å². The summed E-state index contributed by atoms with van der Waals surface area (Å²) in [6, 6.07) is 0. The monoisotopic (exact) mass is 328 g/mol. The van der Waals surface area contributed by atoms with E-state index in [2.05, 4.69) is 15.4 Å². The van der Waals surface area contributed by atoms with Crippen molar-refractivity contribution in [2.75, 3.05) is 43.1 Å². The van der Waals surface area contributed by atoms with Crippen LogP contribution < -0.4 is 16.0 Å². The third-order valence-corrected chi connectivity index (χ3v) is 5.13. The molecule has 3 N–H and O–H groups in total. The molecular formula is C11H16N6O2S2. The predicted octanol–water partition coefficient (Wildman–Crippen LogP) is -0.276. The molecule has 0 aliphatic carbocycles. The van der Waals surface area contributed by atoms with E-state index in [1.807, 2.05) is 4.90 Å². The molecule has 1 saturated heterocycles. The van der Waals surface area contributed by atoms with E-state index < -0.39 is 9.84 Å². The van der Waals surface area contributed by atoms with Crippen LogP contribution in [-0.2, 0) is 9.84 Å². The van der Waals surface area contributed by atoms with Crippen LogP contribution in [0.3, 0.4) is 0 Å². The van der Waals surface area contributed by atoms with Gasteiger partial charge in [-0.1, -0.05) is 0 Å². The average molecular weight is 328 g/mol. The van der Waals surface area contributed by atoms with Crippen molar-refractivity contribution in [1.29, 1.82) is 0 Å². The fourth-order valence-corrected chi connectivity index (χ4v) is 3.88. The molecule has 0 bridgehead atoms. The first-order chi connectivity index (χ1) is 9.98. The van der Waals surface area contributed by atoms with E-state index in [0.717, 1.165) is 19.3 Å². The number of nitrogens with zero attached hydrogens (tertiary/aromatic N) is 4. The number of sulfone groups is 1. The Morgan fingerprint density at radius 3 is 2.67 bits per heavy atom. The number of nitrogens with two attached hydrogens (primary N) is 1. The SMILES string of the molecule is CS(=O)(=O)c1c(N2CCNCC2)nn(-c2nccs2)c1N. The molecule has 3 heterocycles. The van der Waals surface area contributed by atoms with Crippen LogP contribution >= 0.6 is 11.3 Å². The minimum Gasteiger partial charge on any atom is -0.382 e. The van der Waals surface area contributed by atoms with Crippen molar-refractivity contribution in [2.45, 2.75) is 4.90 Å². The Labute approximate surface area is 126 Å². The minimum atomic E-state index is -3.48. The van der Waals surface area contributed by atoms with Gasteiger partial charge < -0.3 is 16.0 Å². The first-order valence-corrected chi connectivity index (χ1v) is 9.19.